The van der Waals surface area contributed by atoms with Gasteiger partial charge in [0.1, 0.15) is 0 Å². The average Bonchev–Trinajstić information content (AvgIpc) is 2.86. The summed E-state index contributed by atoms with van der Waals surface area (Å²) in [4.78, 5) is 7.78. The van der Waals surface area contributed by atoms with Crippen LogP contribution in [0.3, 0.4) is 0 Å². The molecule has 1 saturated heterocycles. The Balaban J connectivity index is 1.58. The van der Waals surface area contributed by atoms with E-state index in [9.17, 15) is 0 Å². The minimum Gasteiger partial charge on any atom is -0.368 e. The summed E-state index contributed by atoms with van der Waals surface area (Å²) in [5, 5.41) is 0.856. The highest BCUT2D eigenvalue weighted by atomic mass is 35.5. The Morgan fingerprint density at radius 3 is 2.45 bits per heavy atom. The summed E-state index contributed by atoms with van der Waals surface area (Å²) in [5.41, 5.74) is 1.17. The number of hydrogen-bond donors (Lipinski definition) is 0. The van der Waals surface area contributed by atoms with E-state index >= 15 is 0 Å². The molecule has 1 aliphatic heterocycles. The van der Waals surface area contributed by atoms with E-state index in [1.807, 2.05) is 23.5 Å². The van der Waals surface area contributed by atoms with Gasteiger partial charge in [0.2, 0.25) is 0 Å². The van der Waals surface area contributed by atoms with Crippen molar-refractivity contribution >= 4 is 28.6 Å². The number of anilines is 1. The van der Waals surface area contributed by atoms with E-state index < -0.39 is 0 Å². The van der Waals surface area contributed by atoms with Crippen LogP contribution in [-0.2, 0) is 6.54 Å². The number of rotatable bonds is 3. The lowest BCUT2D eigenvalue weighted by molar-refractivity contribution is 0.252. The molecule has 2 aromatic rings. The maximum absolute atomic E-state index is 6.27. The second kappa shape index (κ2) is 6.17. The van der Waals surface area contributed by atoms with Crippen LogP contribution < -0.4 is 4.90 Å². The molecule has 20 heavy (non-hydrogen) atoms. The maximum Gasteiger partial charge on any atom is 0.0639 e. The van der Waals surface area contributed by atoms with E-state index in [0.717, 1.165) is 37.7 Å². The fraction of sp³-hybridized carbons (Fsp3) is 0.375. The van der Waals surface area contributed by atoms with Crippen molar-refractivity contribution in [1.29, 1.82) is 0 Å². The third-order valence-electron chi connectivity index (χ3n) is 3.74. The van der Waals surface area contributed by atoms with E-state index in [-0.39, 0.29) is 0 Å². The third-order valence-corrected chi connectivity index (χ3v) is 5.05. The Labute approximate surface area is 129 Å². The molecular weight excluding hydrogens is 288 g/mol. The van der Waals surface area contributed by atoms with Crippen LogP contribution in [0.5, 0.6) is 0 Å². The van der Waals surface area contributed by atoms with Crippen molar-refractivity contribution in [2.45, 2.75) is 13.5 Å². The quantitative estimate of drug-likeness (QED) is 0.844. The third kappa shape index (κ3) is 3.17. The first-order valence-electron chi connectivity index (χ1n) is 6.99. The van der Waals surface area contributed by atoms with Gasteiger partial charge in [-0.1, -0.05) is 23.7 Å². The molecule has 1 aliphatic rings. The molecule has 0 unspecified atom stereocenters. The number of para-hydroxylation sites is 1. The highest BCUT2D eigenvalue weighted by Gasteiger charge is 2.18. The highest BCUT2D eigenvalue weighted by Crippen LogP contribution is 2.26. The minimum atomic E-state index is 0.856. The number of aryl methyl sites for hydroxylation is 1. The summed E-state index contributed by atoms with van der Waals surface area (Å²) >= 11 is 8.18. The topological polar surface area (TPSA) is 6.48 Å². The van der Waals surface area contributed by atoms with Gasteiger partial charge in [-0.2, -0.15) is 0 Å². The predicted molar refractivity (Wildman–Crippen MR) is 88.0 cm³/mol. The largest absolute Gasteiger partial charge is 0.368 e. The van der Waals surface area contributed by atoms with Gasteiger partial charge in [0.15, 0.2) is 0 Å². The molecule has 0 N–H and O–H groups in total. The Kier molecular flexibility index (Phi) is 4.29. The standard InChI is InChI=1S/C16H19ClN2S/c1-13-6-7-14(20-13)12-18-8-10-19(11-9-18)16-5-3-2-4-15(16)17/h2-7H,8-12H2,1H3. The van der Waals surface area contributed by atoms with Gasteiger partial charge in [0.25, 0.3) is 0 Å². The summed E-state index contributed by atoms with van der Waals surface area (Å²) in [6.45, 7) is 7.55. The molecule has 4 heteroatoms. The van der Waals surface area contributed by atoms with Crippen molar-refractivity contribution in [2.75, 3.05) is 31.1 Å². The van der Waals surface area contributed by atoms with E-state index in [1.165, 1.54) is 15.4 Å². The number of hydrogen-bond acceptors (Lipinski definition) is 3. The lowest BCUT2D eigenvalue weighted by atomic mass is 10.2. The van der Waals surface area contributed by atoms with Gasteiger partial charge in [-0.3, -0.25) is 4.90 Å². The molecule has 0 radical (unpaired) electrons. The first-order valence-corrected chi connectivity index (χ1v) is 8.19. The van der Waals surface area contributed by atoms with Crippen LogP contribution >= 0.6 is 22.9 Å². The lowest BCUT2D eigenvalue weighted by Crippen LogP contribution is -2.45. The fourth-order valence-corrected chi connectivity index (χ4v) is 3.83. The molecule has 0 bridgehead atoms. The maximum atomic E-state index is 6.27. The fourth-order valence-electron chi connectivity index (χ4n) is 2.65. The molecule has 0 saturated carbocycles. The lowest BCUT2D eigenvalue weighted by Gasteiger charge is -2.36. The Morgan fingerprint density at radius 2 is 1.80 bits per heavy atom. The van der Waals surface area contributed by atoms with E-state index in [4.69, 9.17) is 11.6 Å². The van der Waals surface area contributed by atoms with Crippen molar-refractivity contribution in [3.8, 4) is 0 Å². The van der Waals surface area contributed by atoms with Crippen LogP contribution in [0.4, 0.5) is 5.69 Å². The molecule has 0 spiro atoms. The number of nitrogens with zero attached hydrogens (tertiary/aromatic N) is 2. The van der Waals surface area contributed by atoms with Crippen LogP contribution in [0.25, 0.3) is 0 Å². The number of halogens is 1. The Hall–Kier alpha value is -1.03. The molecule has 0 atom stereocenters. The molecule has 1 aromatic heterocycles. The van der Waals surface area contributed by atoms with Crippen molar-refractivity contribution in [1.82, 2.24) is 4.90 Å². The van der Waals surface area contributed by atoms with Gasteiger partial charge in [-0.05, 0) is 31.2 Å². The monoisotopic (exact) mass is 306 g/mol. The summed E-state index contributed by atoms with van der Waals surface area (Å²) in [7, 11) is 0. The molecule has 0 amide bonds. The summed E-state index contributed by atoms with van der Waals surface area (Å²) in [6, 6.07) is 12.6. The van der Waals surface area contributed by atoms with Crippen LogP contribution in [0.15, 0.2) is 36.4 Å². The van der Waals surface area contributed by atoms with Gasteiger partial charge in [-0.25, -0.2) is 0 Å². The van der Waals surface area contributed by atoms with Gasteiger partial charge < -0.3 is 4.90 Å². The molecular formula is C16H19ClN2S. The summed E-state index contributed by atoms with van der Waals surface area (Å²) in [5.74, 6) is 0. The number of benzene rings is 1. The smallest absolute Gasteiger partial charge is 0.0639 e. The molecule has 2 heterocycles. The first kappa shape index (κ1) is 13.9. The zero-order valence-electron chi connectivity index (χ0n) is 11.7. The Bertz CT molecular complexity index is 573. The van der Waals surface area contributed by atoms with Crippen LogP contribution in [-0.4, -0.2) is 31.1 Å². The molecule has 106 valence electrons. The SMILES string of the molecule is Cc1ccc(CN2CCN(c3ccccc3Cl)CC2)s1. The second-order valence-corrected chi connectivity index (χ2v) is 7.01. The predicted octanol–water partition coefficient (Wildman–Crippen LogP) is 4.03. The normalized spacial score (nSPS) is 16.6. The van der Waals surface area contributed by atoms with Crippen LogP contribution in [0.1, 0.15) is 9.75 Å². The summed E-state index contributed by atoms with van der Waals surface area (Å²) < 4.78 is 0. The van der Waals surface area contributed by atoms with E-state index in [1.54, 1.807) is 0 Å². The van der Waals surface area contributed by atoms with Crippen molar-refractivity contribution in [3.63, 3.8) is 0 Å². The molecule has 1 fully saturated rings. The van der Waals surface area contributed by atoms with Gasteiger partial charge in [0.05, 0.1) is 10.7 Å². The van der Waals surface area contributed by atoms with Crippen LogP contribution in [0, 0.1) is 6.92 Å². The van der Waals surface area contributed by atoms with Gasteiger partial charge in [-0.15, -0.1) is 11.3 Å². The van der Waals surface area contributed by atoms with Crippen molar-refractivity contribution < 1.29 is 0 Å². The zero-order valence-corrected chi connectivity index (χ0v) is 13.3. The molecule has 1 aromatic carbocycles. The number of piperazine rings is 1. The molecule has 2 nitrogen and oxygen atoms in total. The first-order chi connectivity index (χ1) is 9.72. The Morgan fingerprint density at radius 1 is 1.05 bits per heavy atom. The number of thiophene rings is 1. The van der Waals surface area contributed by atoms with Crippen molar-refractivity contribution in [2.24, 2.45) is 0 Å². The highest BCUT2D eigenvalue weighted by molar-refractivity contribution is 7.11. The van der Waals surface area contributed by atoms with Crippen LogP contribution in [0.2, 0.25) is 5.02 Å². The van der Waals surface area contributed by atoms with E-state index in [2.05, 4.69) is 41.0 Å². The average molecular weight is 307 g/mol. The van der Waals surface area contributed by atoms with Crippen molar-refractivity contribution in [3.05, 3.63) is 51.2 Å². The summed E-state index contributed by atoms with van der Waals surface area (Å²) in [6.07, 6.45) is 0. The van der Waals surface area contributed by atoms with E-state index in [0.29, 0.717) is 0 Å². The minimum absolute atomic E-state index is 0.856. The zero-order chi connectivity index (χ0) is 13.9. The second-order valence-electron chi connectivity index (χ2n) is 5.23. The molecule has 0 aliphatic carbocycles. The van der Waals surface area contributed by atoms with Gasteiger partial charge >= 0.3 is 0 Å². The van der Waals surface area contributed by atoms with Gasteiger partial charge in [0, 0.05) is 42.5 Å². The molecule has 3 rings (SSSR count).